The Balaban J connectivity index is 1.50. The van der Waals surface area contributed by atoms with E-state index in [1.165, 1.54) is 0 Å². The molecule has 1 aliphatic carbocycles. The van der Waals surface area contributed by atoms with E-state index in [0.29, 0.717) is 18.2 Å². The lowest BCUT2D eigenvalue weighted by atomic mass is 9.97. The normalized spacial score (nSPS) is 17.6. The van der Waals surface area contributed by atoms with Crippen LogP contribution in [0.2, 0.25) is 0 Å². The van der Waals surface area contributed by atoms with E-state index in [0.717, 1.165) is 79.5 Å². The molecule has 4 nitrogen and oxygen atoms in total. The van der Waals surface area contributed by atoms with Gasteiger partial charge in [-0.3, -0.25) is 14.7 Å². The zero-order chi connectivity index (χ0) is 22.7. The lowest BCUT2D eigenvalue weighted by Crippen LogP contribution is -2.40. The van der Waals surface area contributed by atoms with E-state index in [1.807, 2.05) is 17.0 Å². The van der Waals surface area contributed by atoms with E-state index in [4.69, 9.17) is 4.99 Å². The Bertz CT molecular complexity index is 985. The summed E-state index contributed by atoms with van der Waals surface area (Å²) in [5.41, 5.74) is 3.71. The number of phenolic OH excluding ortho intramolecular Hbond substituents is 1. The number of aliphatic imine (C=N–C) groups is 1. The smallest absolute Gasteiger partial charge is 0.256 e. The third-order valence-corrected chi connectivity index (χ3v) is 6.82. The molecule has 0 aromatic heterocycles. The summed E-state index contributed by atoms with van der Waals surface area (Å²) in [7, 11) is 0. The maximum Gasteiger partial charge on any atom is 0.256 e. The van der Waals surface area contributed by atoms with E-state index >= 15 is 0 Å². The molecule has 0 radical (unpaired) electrons. The van der Waals surface area contributed by atoms with Crippen molar-refractivity contribution in [2.45, 2.75) is 84.2 Å². The maximum absolute atomic E-state index is 13.3. The van der Waals surface area contributed by atoms with Gasteiger partial charge in [0.25, 0.3) is 5.91 Å². The third kappa shape index (κ3) is 4.60. The molecular formula is C28H36N2O2. The standard InChI is InChI=1S/C28H36N2O2/c1-4-5-8-26-29-28(15-6-7-16-28)27(32)30(26)19-21-9-11-22(12-10-21)23-13-14-24(17-20(2)3)25(31)18-23/h9-14,18,20,31H,4-8,15-17,19H2,1-3H3. The number of carbonyl (C=O) groups is 1. The third-order valence-electron chi connectivity index (χ3n) is 6.82. The highest BCUT2D eigenvalue weighted by Crippen LogP contribution is 2.40. The lowest BCUT2D eigenvalue weighted by Gasteiger charge is -2.23. The Hall–Kier alpha value is -2.62. The number of amides is 1. The molecule has 2 aromatic carbocycles. The molecule has 4 heteroatoms. The SMILES string of the molecule is CCCCC1=NC2(CCCC2)C(=O)N1Cc1ccc(-c2ccc(CC(C)C)c(O)c2)cc1. The van der Waals surface area contributed by atoms with Gasteiger partial charge in [0.1, 0.15) is 17.1 Å². The molecule has 1 N–H and O–H groups in total. The van der Waals surface area contributed by atoms with Crippen molar-refractivity contribution in [1.82, 2.24) is 4.90 Å². The first-order valence-corrected chi connectivity index (χ1v) is 12.2. The van der Waals surface area contributed by atoms with Gasteiger partial charge in [-0.05, 0) is 59.9 Å². The van der Waals surface area contributed by atoms with Crippen molar-refractivity contribution in [3.8, 4) is 16.9 Å². The van der Waals surface area contributed by atoms with E-state index in [2.05, 4.69) is 51.1 Å². The summed E-state index contributed by atoms with van der Waals surface area (Å²) in [5, 5.41) is 10.4. The topological polar surface area (TPSA) is 52.9 Å². The second-order valence-electron chi connectivity index (χ2n) is 9.90. The van der Waals surface area contributed by atoms with Gasteiger partial charge in [0.05, 0.1) is 6.54 Å². The predicted octanol–water partition coefficient (Wildman–Crippen LogP) is 6.50. The number of nitrogens with zero attached hydrogens (tertiary/aromatic N) is 2. The van der Waals surface area contributed by atoms with Crippen LogP contribution in [0.15, 0.2) is 47.5 Å². The molecule has 0 saturated heterocycles. The predicted molar refractivity (Wildman–Crippen MR) is 131 cm³/mol. The Morgan fingerprint density at radius 1 is 1.06 bits per heavy atom. The van der Waals surface area contributed by atoms with Crippen LogP contribution in [-0.4, -0.2) is 27.3 Å². The summed E-state index contributed by atoms with van der Waals surface area (Å²) in [5.74, 6) is 2.05. The van der Waals surface area contributed by atoms with Crippen LogP contribution < -0.4 is 0 Å². The van der Waals surface area contributed by atoms with Crippen LogP contribution in [0.1, 0.15) is 76.8 Å². The number of hydrogen-bond donors (Lipinski definition) is 1. The van der Waals surface area contributed by atoms with Crippen molar-refractivity contribution in [1.29, 1.82) is 0 Å². The highest BCUT2D eigenvalue weighted by molar-refractivity contribution is 6.08. The molecule has 2 aromatic rings. The summed E-state index contributed by atoms with van der Waals surface area (Å²) in [6.07, 6.45) is 7.91. The largest absolute Gasteiger partial charge is 0.508 e. The van der Waals surface area contributed by atoms with E-state index in [-0.39, 0.29) is 5.91 Å². The number of rotatable bonds is 8. The minimum Gasteiger partial charge on any atom is -0.508 e. The molecule has 1 saturated carbocycles. The van der Waals surface area contributed by atoms with Crippen LogP contribution in [0.4, 0.5) is 0 Å². The molecule has 1 spiro atoms. The first kappa shape index (κ1) is 22.6. The van der Waals surface area contributed by atoms with Crippen LogP contribution >= 0.6 is 0 Å². The van der Waals surface area contributed by atoms with E-state index in [9.17, 15) is 9.90 Å². The van der Waals surface area contributed by atoms with Crippen molar-refractivity contribution in [2.75, 3.05) is 0 Å². The molecule has 0 atom stereocenters. The second kappa shape index (κ2) is 9.48. The van der Waals surface area contributed by atoms with Crippen LogP contribution in [-0.2, 0) is 17.8 Å². The van der Waals surface area contributed by atoms with Gasteiger partial charge in [0, 0.05) is 6.42 Å². The number of aromatic hydroxyl groups is 1. The van der Waals surface area contributed by atoms with Crippen molar-refractivity contribution in [3.63, 3.8) is 0 Å². The first-order chi connectivity index (χ1) is 15.4. The Labute approximate surface area is 192 Å². The van der Waals surface area contributed by atoms with Gasteiger partial charge in [-0.1, -0.05) is 76.4 Å². The van der Waals surface area contributed by atoms with Gasteiger partial charge in [-0.15, -0.1) is 0 Å². The number of phenols is 1. The van der Waals surface area contributed by atoms with Gasteiger partial charge in [0.2, 0.25) is 0 Å². The summed E-state index contributed by atoms with van der Waals surface area (Å²) >= 11 is 0. The second-order valence-corrected chi connectivity index (χ2v) is 9.90. The van der Waals surface area contributed by atoms with Gasteiger partial charge < -0.3 is 5.11 Å². The summed E-state index contributed by atoms with van der Waals surface area (Å²) in [6, 6.07) is 14.3. The molecule has 4 rings (SSSR count). The molecule has 2 aliphatic rings. The summed E-state index contributed by atoms with van der Waals surface area (Å²) in [4.78, 5) is 20.3. The van der Waals surface area contributed by atoms with Crippen molar-refractivity contribution in [3.05, 3.63) is 53.6 Å². The Morgan fingerprint density at radius 3 is 2.38 bits per heavy atom. The summed E-state index contributed by atoms with van der Waals surface area (Å²) < 4.78 is 0. The zero-order valence-electron chi connectivity index (χ0n) is 19.7. The minimum absolute atomic E-state index is 0.204. The Kier molecular flexibility index (Phi) is 6.68. The monoisotopic (exact) mass is 432 g/mol. The molecule has 1 aliphatic heterocycles. The van der Waals surface area contributed by atoms with Crippen molar-refractivity contribution in [2.24, 2.45) is 10.9 Å². The van der Waals surface area contributed by atoms with Crippen LogP contribution in [0.3, 0.4) is 0 Å². The molecule has 0 unspecified atom stereocenters. The number of amidine groups is 1. The van der Waals surface area contributed by atoms with Crippen LogP contribution in [0, 0.1) is 5.92 Å². The number of hydrogen-bond acceptors (Lipinski definition) is 3. The lowest BCUT2D eigenvalue weighted by molar-refractivity contribution is -0.131. The van der Waals surface area contributed by atoms with Gasteiger partial charge >= 0.3 is 0 Å². The molecule has 170 valence electrons. The summed E-state index contributed by atoms with van der Waals surface area (Å²) in [6.45, 7) is 7.08. The Morgan fingerprint density at radius 2 is 1.75 bits per heavy atom. The quantitative estimate of drug-likeness (QED) is 0.517. The average Bonchev–Trinajstić information content (AvgIpc) is 3.35. The van der Waals surface area contributed by atoms with Crippen molar-refractivity contribution < 1.29 is 9.90 Å². The highest BCUT2D eigenvalue weighted by atomic mass is 16.3. The van der Waals surface area contributed by atoms with Crippen LogP contribution in [0.25, 0.3) is 11.1 Å². The molecular weight excluding hydrogens is 396 g/mol. The number of benzene rings is 2. The maximum atomic E-state index is 13.3. The molecule has 1 fully saturated rings. The van der Waals surface area contributed by atoms with Gasteiger partial charge in [0.15, 0.2) is 0 Å². The van der Waals surface area contributed by atoms with Gasteiger partial charge in [-0.25, -0.2) is 0 Å². The number of carbonyl (C=O) groups excluding carboxylic acids is 1. The minimum atomic E-state index is -0.474. The molecule has 0 bridgehead atoms. The molecule has 32 heavy (non-hydrogen) atoms. The zero-order valence-corrected chi connectivity index (χ0v) is 19.7. The first-order valence-electron chi connectivity index (χ1n) is 12.2. The van der Waals surface area contributed by atoms with Crippen molar-refractivity contribution >= 4 is 11.7 Å². The fourth-order valence-electron chi connectivity index (χ4n) is 5.04. The van der Waals surface area contributed by atoms with E-state index < -0.39 is 5.54 Å². The highest BCUT2D eigenvalue weighted by Gasteiger charge is 2.49. The fraction of sp³-hybridized carbons (Fsp3) is 0.500. The average molecular weight is 433 g/mol. The molecule has 1 heterocycles. The number of unbranched alkanes of at least 4 members (excludes halogenated alkanes) is 1. The van der Waals surface area contributed by atoms with Gasteiger partial charge in [-0.2, -0.15) is 0 Å². The molecule has 1 amide bonds. The fourth-order valence-corrected chi connectivity index (χ4v) is 5.04. The van der Waals surface area contributed by atoms with E-state index in [1.54, 1.807) is 0 Å². The van der Waals surface area contributed by atoms with Crippen LogP contribution in [0.5, 0.6) is 5.75 Å².